The Bertz CT molecular complexity index is 1040. The molecule has 0 aliphatic rings. The molecule has 0 fully saturated rings. The van der Waals surface area contributed by atoms with Crippen LogP contribution in [0.1, 0.15) is 36.3 Å². The molecule has 3 nitrogen and oxygen atoms in total. The quantitative estimate of drug-likeness (QED) is 0.352. The van der Waals surface area contributed by atoms with Gasteiger partial charge in [-0.2, -0.15) is 8.78 Å². The average molecular weight is 449 g/mol. The number of aryl methyl sites for hydroxylation is 2. The van der Waals surface area contributed by atoms with Crippen LogP contribution >= 0.6 is 11.3 Å². The van der Waals surface area contributed by atoms with Gasteiger partial charge in [-0.05, 0) is 48.6 Å². The van der Waals surface area contributed by atoms with Crippen LogP contribution in [0.4, 0.5) is 13.2 Å². The Morgan fingerprint density at radius 3 is 2.42 bits per heavy atom. The number of thiophene rings is 1. The first-order valence-electron chi connectivity index (χ1n) is 10.1. The topological polar surface area (TPSA) is 35.5 Å². The maximum absolute atomic E-state index is 14.5. The highest BCUT2D eigenvalue weighted by molar-refractivity contribution is 7.10. The smallest absolute Gasteiger partial charge is 0.306 e. The van der Waals surface area contributed by atoms with E-state index in [0.29, 0.717) is 10.4 Å². The molecule has 0 N–H and O–H groups in total. The molecule has 2 aromatic carbocycles. The van der Waals surface area contributed by atoms with Crippen molar-refractivity contribution in [3.63, 3.8) is 0 Å². The summed E-state index contributed by atoms with van der Waals surface area (Å²) >= 11 is 0.908. The molecule has 0 aliphatic heterocycles. The van der Waals surface area contributed by atoms with Crippen molar-refractivity contribution < 1.29 is 27.4 Å². The van der Waals surface area contributed by atoms with Gasteiger partial charge in [-0.25, -0.2) is 4.39 Å². The number of halogens is 3. The highest BCUT2D eigenvalue weighted by Crippen LogP contribution is 2.33. The van der Waals surface area contributed by atoms with E-state index in [1.54, 1.807) is 6.92 Å². The van der Waals surface area contributed by atoms with Gasteiger partial charge in [-0.3, -0.25) is 4.79 Å². The van der Waals surface area contributed by atoms with Gasteiger partial charge in [0.05, 0.1) is 11.5 Å². The number of carbonyl (C=O) groups is 1. The van der Waals surface area contributed by atoms with Crippen LogP contribution in [-0.2, 0) is 29.0 Å². The molecule has 0 atom stereocenters. The Kier molecular flexibility index (Phi) is 7.74. The maximum atomic E-state index is 14.5. The molecule has 1 heterocycles. The van der Waals surface area contributed by atoms with Crippen molar-refractivity contribution in [1.29, 1.82) is 0 Å². The highest BCUT2D eigenvalue weighted by atomic mass is 32.1. The van der Waals surface area contributed by atoms with Crippen LogP contribution in [0, 0.1) is 16.8 Å². The Morgan fingerprint density at radius 2 is 1.74 bits per heavy atom. The molecule has 3 rings (SSSR count). The molecule has 0 bridgehead atoms. The van der Waals surface area contributed by atoms with Crippen molar-refractivity contribution in [2.24, 2.45) is 0 Å². The second-order valence-corrected chi connectivity index (χ2v) is 7.97. The summed E-state index contributed by atoms with van der Waals surface area (Å²) in [5.74, 6) is -2.93. The van der Waals surface area contributed by atoms with Crippen molar-refractivity contribution in [3.8, 4) is 16.9 Å². The summed E-state index contributed by atoms with van der Waals surface area (Å²) in [5, 5.41) is -0.380. The normalized spacial score (nSPS) is 10.9. The Labute approximate surface area is 183 Å². The van der Waals surface area contributed by atoms with Gasteiger partial charge in [0.1, 0.15) is 6.61 Å². The number of rotatable bonds is 9. The molecule has 0 radical (unpaired) electrons. The standard InChI is InChI=1S/C24H23F3O3S/c1-3-15-5-7-16(8-6-15)18-13-21(25)31-20(18)14-30-19-11-9-17(23(26)24(19)27)10-12-22(28)29-4-2/h5-9,11,13H,3-4,10,12,14H2,1-2H3. The van der Waals surface area contributed by atoms with Crippen LogP contribution in [0.5, 0.6) is 5.75 Å². The number of ether oxygens (including phenoxy) is 2. The van der Waals surface area contributed by atoms with Crippen LogP contribution in [0.3, 0.4) is 0 Å². The fraction of sp³-hybridized carbons (Fsp3) is 0.292. The molecule has 0 saturated carbocycles. The summed E-state index contributed by atoms with van der Waals surface area (Å²) < 4.78 is 53.1. The van der Waals surface area contributed by atoms with E-state index in [-0.39, 0.29) is 42.5 Å². The largest absolute Gasteiger partial charge is 0.485 e. The average Bonchev–Trinajstić information content (AvgIpc) is 3.14. The van der Waals surface area contributed by atoms with E-state index < -0.39 is 17.6 Å². The lowest BCUT2D eigenvalue weighted by atomic mass is 10.0. The molecule has 0 amide bonds. The molecule has 0 saturated heterocycles. The molecule has 1 aromatic heterocycles. The third kappa shape index (κ3) is 5.67. The van der Waals surface area contributed by atoms with Gasteiger partial charge in [-0.1, -0.05) is 37.3 Å². The fourth-order valence-corrected chi connectivity index (χ4v) is 3.97. The first kappa shape index (κ1) is 22.9. The van der Waals surface area contributed by atoms with Crippen molar-refractivity contribution in [2.75, 3.05) is 6.61 Å². The van der Waals surface area contributed by atoms with E-state index in [1.165, 1.54) is 18.2 Å². The molecule has 0 unspecified atom stereocenters. The minimum absolute atomic E-state index is 0.0237. The van der Waals surface area contributed by atoms with Gasteiger partial charge in [-0.15, -0.1) is 11.3 Å². The predicted molar refractivity (Wildman–Crippen MR) is 115 cm³/mol. The first-order chi connectivity index (χ1) is 14.9. The van der Waals surface area contributed by atoms with Gasteiger partial charge in [0, 0.05) is 12.0 Å². The number of hydrogen-bond donors (Lipinski definition) is 0. The zero-order chi connectivity index (χ0) is 22.4. The van der Waals surface area contributed by atoms with E-state index in [2.05, 4.69) is 0 Å². The number of benzene rings is 2. The van der Waals surface area contributed by atoms with Gasteiger partial charge in [0.2, 0.25) is 5.82 Å². The monoisotopic (exact) mass is 448 g/mol. The van der Waals surface area contributed by atoms with Crippen LogP contribution in [-0.4, -0.2) is 12.6 Å². The second-order valence-electron chi connectivity index (χ2n) is 6.88. The minimum atomic E-state index is -1.13. The summed E-state index contributed by atoms with van der Waals surface area (Å²) in [6.07, 6.45) is 0.879. The minimum Gasteiger partial charge on any atom is -0.485 e. The van der Waals surface area contributed by atoms with E-state index in [4.69, 9.17) is 9.47 Å². The Balaban J connectivity index is 1.73. The van der Waals surface area contributed by atoms with Gasteiger partial charge >= 0.3 is 5.97 Å². The lowest BCUT2D eigenvalue weighted by Gasteiger charge is -2.11. The van der Waals surface area contributed by atoms with Gasteiger partial charge in [0.15, 0.2) is 16.7 Å². The molecule has 31 heavy (non-hydrogen) atoms. The van der Waals surface area contributed by atoms with Gasteiger partial charge < -0.3 is 9.47 Å². The summed E-state index contributed by atoms with van der Waals surface area (Å²) in [7, 11) is 0. The first-order valence-corrected chi connectivity index (χ1v) is 10.9. The van der Waals surface area contributed by atoms with Crippen LogP contribution in [0.2, 0.25) is 0 Å². The summed E-state index contributed by atoms with van der Waals surface area (Å²) in [5.41, 5.74) is 2.73. The predicted octanol–water partition coefficient (Wildman–Crippen LogP) is 6.47. The van der Waals surface area contributed by atoms with E-state index in [9.17, 15) is 18.0 Å². The highest BCUT2D eigenvalue weighted by Gasteiger charge is 2.18. The third-order valence-corrected chi connectivity index (χ3v) is 5.74. The molecule has 164 valence electrons. The second kappa shape index (κ2) is 10.5. The van der Waals surface area contributed by atoms with Crippen molar-refractivity contribution >= 4 is 17.3 Å². The van der Waals surface area contributed by atoms with Crippen molar-refractivity contribution in [2.45, 2.75) is 39.7 Å². The molecule has 0 aliphatic carbocycles. The number of carbonyl (C=O) groups excluding carboxylic acids is 1. The van der Waals surface area contributed by atoms with E-state index >= 15 is 0 Å². The fourth-order valence-electron chi connectivity index (χ4n) is 3.16. The molecular formula is C24H23F3O3S. The maximum Gasteiger partial charge on any atom is 0.306 e. The Morgan fingerprint density at radius 1 is 1.00 bits per heavy atom. The Hall–Kier alpha value is -2.80. The molecule has 3 aromatic rings. The van der Waals surface area contributed by atoms with Crippen LogP contribution < -0.4 is 4.74 Å². The lowest BCUT2D eigenvalue weighted by Crippen LogP contribution is -2.07. The van der Waals surface area contributed by atoms with Crippen LogP contribution in [0.25, 0.3) is 11.1 Å². The zero-order valence-electron chi connectivity index (χ0n) is 17.3. The molecule has 0 spiro atoms. The van der Waals surface area contributed by atoms with E-state index in [0.717, 1.165) is 28.9 Å². The summed E-state index contributed by atoms with van der Waals surface area (Å²) in [4.78, 5) is 12.0. The lowest BCUT2D eigenvalue weighted by molar-refractivity contribution is -0.143. The number of esters is 1. The molecular weight excluding hydrogens is 425 g/mol. The summed E-state index contributed by atoms with van der Waals surface area (Å²) in [6, 6.07) is 11.9. The summed E-state index contributed by atoms with van der Waals surface area (Å²) in [6.45, 7) is 3.86. The number of hydrogen-bond acceptors (Lipinski definition) is 4. The van der Waals surface area contributed by atoms with Crippen molar-refractivity contribution in [1.82, 2.24) is 0 Å². The zero-order valence-corrected chi connectivity index (χ0v) is 18.2. The SMILES string of the molecule is CCOC(=O)CCc1ccc(OCc2sc(F)cc2-c2ccc(CC)cc2)c(F)c1F. The van der Waals surface area contributed by atoms with Gasteiger partial charge in [0.25, 0.3) is 0 Å². The van der Waals surface area contributed by atoms with Crippen molar-refractivity contribution in [3.05, 3.63) is 75.2 Å². The van der Waals surface area contributed by atoms with E-state index in [1.807, 2.05) is 31.2 Å². The molecule has 7 heteroatoms. The van der Waals surface area contributed by atoms with Crippen LogP contribution in [0.15, 0.2) is 42.5 Å². The third-order valence-electron chi connectivity index (χ3n) is 4.84.